The van der Waals surface area contributed by atoms with Crippen LogP contribution < -0.4 is 5.32 Å². The summed E-state index contributed by atoms with van der Waals surface area (Å²) in [6, 6.07) is -0.870. The van der Waals surface area contributed by atoms with E-state index in [2.05, 4.69) is 67.8 Å². The van der Waals surface area contributed by atoms with Crippen LogP contribution in [0, 0.1) is 0 Å². The normalized spacial score (nSPS) is 14.4. The van der Waals surface area contributed by atoms with Crippen LogP contribution in [0.2, 0.25) is 0 Å². The molecule has 0 rings (SSSR count). The molecular formula is C59H112N2O6P+. The van der Waals surface area contributed by atoms with Crippen LogP contribution in [0.1, 0.15) is 258 Å². The standard InChI is InChI=1S/C59H111N2O6P/c1-6-8-10-12-14-16-18-20-22-23-24-25-26-27-28-29-30-31-32-33-34-35-36-37-39-41-43-45-47-49-51-53-59(63)60-57(56-67-68(64,65)66-55-54-61(3,4)5)58(62)52-50-48-46-44-42-40-38-21-19-17-15-13-11-9-7-2/h18-21,23-24,42,44,50,52,57-58,62H,6-17,22,25-41,43,45-49,51,53-56H2,1-5H3,(H-,60,63,64,65)/p+1/b20-18-,21-19+,24-23-,44-42+,52-50+. The van der Waals surface area contributed by atoms with Gasteiger partial charge in [0.05, 0.1) is 39.9 Å². The smallest absolute Gasteiger partial charge is 0.387 e. The molecule has 0 heterocycles. The van der Waals surface area contributed by atoms with Crippen LogP contribution in [0.5, 0.6) is 0 Å². The van der Waals surface area contributed by atoms with Crippen LogP contribution in [0.15, 0.2) is 60.8 Å². The van der Waals surface area contributed by atoms with Gasteiger partial charge in [-0.25, -0.2) is 4.57 Å². The first-order chi connectivity index (χ1) is 33.0. The fourth-order valence-electron chi connectivity index (χ4n) is 8.16. The maximum absolute atomic E-state index is 13.0. The van der Waals surface area contributed by atoms with Gasteiger partial charge in [0.15, 0.2) is 0 Å². The monoisotopic (exact) mass is 976 g/mol. The summed E-state index contributed by atoms with van der Waals surface area (Å²) in [7, 11) is 1.55. The van der Waals surface area contributed by atoms with Crippen molar-refractivity contribution in [2.45, 2.75) is 270 Å². The van der Waals surface area contributed by atoms with E-state index in [1.165, 1.54) is 186 Å². The first-order valence-electron chi connectivity index (χ1n) is 28.7. The molecule has 0 spiro atoms. The zero-order valence-corrected chi connectivity index (χ0v) is 46.2. The Morgan fingerprint density at radius 2 is 0.853 bits per heavy atom. The highest BCUT2D eigenvalue weighted by Crippen LogP contribution is 2.43. The Labute approximate surface area is 422 Å². The minimum atomic E-state index is -4.36. The Hall–Kier alpha value is -1.80. The Kier molecular flexibility index (Phi) is 48.8. The van der Waals surface area contributed by atoms with E-state index in [-0.39, 0.29) is 19.1 Å². The molecule has 0 saturated carbocycles. The van der Waals surface area contributed by atoms with Crippen molar-refractivity contribution in [1.29, 1.82) is 0 Å². The second-order valence-electron chi connectivity index (χ2n) is 20.6. The van der Waals surface area contributed by atoms with Crippen LogP contribution >= 0.6 is 7.82 Å². The number of unbranched alkanes of at least 4 members (excludes halogenated alkanes) is 31. The highest BCUT2D eigenvalue weighted by Gasteiger charge is 2.27. The summed E-state index contributed by atoms with van der Waals surface area (Å²) in [6.07, 6.45) is 67.6. The van der Waals surface area contributed by atoms with Crippen molar-refractivity contribution in [3.05, 3.63) is 60.8 Å². The Bertz CT molecular complexity index is 1290. The summed E-state index contributed by atoms with van der Waals surface area (Å²) in [5.74, 6) is -0.190. The van der Waals surface area contributed by atoms with Gasteiger partial charge in [-0.05, 0) is 77.0 Å². The second kappa shape index (κ2) is 50.2. The zero-order chi connectivity index (χ0) is 49.9. The van der Waals surface area contributed by atoms with Gasteiger partial charge in [0.25, 0.3) is 0 Å². The van der Waals surface area contributed by atoms with Crippen molar-refractivity contribution in [1.82, 2.24) is 5.32 Å². The first-order valence-corrected chi connectivity index (χ1v) is 30.2. The van der Waals surface area contributed by atoms with Crippen molar-refractivity contribution in [2.24, 2.45) is 0 Å². The summed E-state index contributed by atoms with van der Waals surface area (Å²) in [6.45, 7) is 4.77. The number of nitrogens with zero attached hydrogens (tertiary/aromatic N) is 1. The number of carbonyl (C=O) groups is 1. The third kappa shape index (κ3) is 52.0. The van der Waals surface area contributed by atoms with Crippen molar-refractivity contribution in [3.63, 3.8) is 0 Å². The molecule has 0 aliphatic heterocycles. The minimum absolute atomic E-state index is 0.0530. The summed E-state index contributed by atoms with van der Waals surface area (Å²) in [5.41, 5.74) is 0. The van der Waals surface area contributed by atoms with Crippen molar-refractivity contribution >= 4 is 13.7 Å². The van der Waals surface area contributed by atoms with E-state index >= 15 is 0 Å². The van der Waals surface area contributed by atoms with Gasteiger partial charge in [-0.15, -0.1) is 0 Å². The maximum Gasteiger partial charge on any atom is 0.472 e. The fourth-order valence-corrected chi connectivity index (χ4v) is 8.90. The molecule has 3 N–H and O–H groups in total. The SMILES string of the molecule is CCCCCCC/C=C\C/C=C\CCCCCCCCCCCCCCCCCCCCCC(=O)NC(COP(=O)(O)OCC[N+](C)(C)C)C(O)/C=C/CC/C=C/CC/C=C/CCCCCCC. The number of likely N-dealkylation sites (N-methyl/N-ethyl adjacent to an activating group) is 1. The van der Waals surface area contributed by atoms with Crippen LogP contribution in [-0.4, -0.2) is 73.4 Å². The highest BCUT2D eigenvalue weighted by molar-refractivity contribution is 7.47. The lowest BCUT2D eigenvalue weighted by Gasteiger charge is -2.25. The predicted molar refractivity (Wildman–Crippen MR) is 295 cm³/mol. The number of allylic oxidation sites excluding steroid dienone is 9. The quantitative estimate of drug-likeness (QED) is 0.0243. The Balaban J connectivity index is 4.11. The van der Waals surface area contributed by atoms with Crippen LogP contribution in [-0.2, 0) is 18.4 Å². The number of hydrogen-bond acceptors (Lipinski definition) is 5. The molecule has 398 valence electrons. The molecule has 0 aromatic carbocycles. The highest BCUT2D eigenvalue weighted by atomic mass is 31.2. The molecule has 0 aliphatic rings. The maximum atomic E-state index is 13.0. The summed E-state index contributed by atoms with van der Waals surface area (Å²) >= 11 is 0. The molecule has 9 heteroatoms. The predicted octanol–water partition coefficient (Wildman–Crippen LogP) is 17.3. The number of rotatable bonds is 52. The number of nitrogens with one attached hydrogen (secondary N) is 1. The topological polar surface area (TPSA) is 105 Å². The number of hydrogen-bond donors (Lipinski definition) is 3. The van der Waals surface area contributed by atoms with Crippen LogP contribution in [0.4, 0.5) is 0 Å². The average molecular weight is 977 g/mol. The van der Waals surface area contributed by atoms with E-state index in [0.717, 1.165) is 51.4 Å². The molecule has 0 bridgehead atoms. The molecule has 0 aromatic rings. The van der Waals surface area contributed by atoms with Gasteiger partial charge in [0.2, 0.25) is 5.91 Å². The fraction of sp³-hybridized carbons (Fsp3) is 0.814. The largest absolute Gasteiger partial charge is 0.472 e. The number of phosphoric ester groups is 1. The molecule has 68 heavy (non-hydrogen) atoms. The summed E-state index contributed by atoms with van der Waals surface area (Å²) in [4.78, 5) is 23.3. The Morgan fingerprint density at radius 1 is 0.500 bits per heavy atom. The van der Waals surface area contributed by atoms with Gasteiger partial charge >= 0.3 is 7.82 Å². The molecule has 0 saturated heterocycles. The summed E-state index contributed by atoms with van der Waals surface area (Å²) < 4.78 is 23.6. The van der Waals surface area contributed by atoms with E-state index in [0.29, 0.717) is 17.4 Å². The zero-order valence-electron chi connectivity index (χ0n) is 45.3. The Morgan fingerprint density at radius 3 is 1.26 bits per heavy atom. The molecule has 0 fully saturated rings. The number of aliphatic hydroxyl groups is 1. The number of phosphoric acid groups is 1. The molecule has 8 nitrogen and oxygen atoms in total. The van der Waals surface area contributed by atoms with E-state index in [9.17, 15) is 19.4 Å². The van der Waals surface area contributed by atoms with Gasteiger partial charge in [0.1, 0.15) is 13.2 Å². The van der Waals surface area contributed by atoms with Crippen molar-refractivity contribution in [2.75, 3.05) is 40.9 Å². The van der Waals surface area contributed by atoms with Gasteiger partial charge in [0, 0.05) is 6.42 Å². The number of quaternary nitrogens is 1. The van der Waals surface area contributed by atoms with Gasteiger partial charge in [-0.2, -0.15) is 0 Å². The molecule has 3 atom stereocenters. The lowest BCUT2D eigenvalue weighted by atomic mass is 10.0. The first kappa shape index (κ1) is 66.2. The third-order valence-corrected chi connectivity index (χ3v) is 13.7. The third-order valence-electron chi connectivity index (χ3n) is 12.7. The van der Waals surface area contributed by atoms with Gasteiger partial charge in [-0.3, -0.25) is 13.8 Å². The van der Waals surface area contributed by atoms with E-state index in [1.54, 1.807) is 6.08 Å². The lowest BCUT2D eigenvalue weighted by molar-refractivity contribution is -0.870. The number of amides is 1. The molecule has 0 radical (unpaired) electrons. The van der Waals surface area contributed by atoms with Crippen LogP contribution in [0.3, 0.4) is 0 Å². The van der Waals surface area contributed by atoms with Crippen molar-refractivity contribution < 1.29 is 32.9 Å². The summed E-state index contributed by atoms with van der Waals surface area (Å²) in [5, 5.41) is 13.9. The minimum Gasteiger partial charge on any atom is -0.387 e. The van der Waals surface area contributed by atoms with Crippen molar-refractivity contribution in [3.8, 4) is 0 Å². The van der Waals surface area contributed by atoms with E-state index < -0.39 is 20.0 Å². The van der Waals surface area contributed by atoms with Gasteiger partial charge < -0.3 is 19.8 Å². The number of aliphatic hydroxyl groups excluding tert-OH is 1. The molecule has 1 amide bonds. The molecule has 0 aliphatic carbocycles. The lowest BCUT2D eigenvalue weighted by Crippen LogP contribution is -2.45. The molecule has 3 unspecified atom stereocenters. The van der Waals surface area contributed by atoms with Crippen LogP contribution in [0.25, 0.3) is 0 Å². The van der Waals surface area contributed by atoms with Gasteiger partial charge in [-0.1, -0.05) is 235 Å². The number of carbonyl (C=O) groups excluding carboxylic acids is 1. The van der Waals surface area contributed by atoms with E-state index in [4.69, 9.17) is 9.05 Å². The van der Waals surface area contributed by atoms with E-state index in [1.807, 2.05) is 27.2 Å². The second-order valence-corrected chi connectivity index (χ2v) is 22.1. The molecular weight excluding hydrogens is 864 g/mol. The average Bonchev–Trinajstić information content (AvgIpc) is 3.30. The molecule has 0 aromatic heterocycles.